The summed E-state index contributed by atoms with van der Waals surface area (Å²) in [4.78, 5) is 14.9. The summed E-state index contributed by atoms with van der Waals surface area (Å²) in [5, 5.41) is 10.8. The zero-order valence-corrected chi connectivity index (χ0v) is 14.0. The second-order valence-corrected chi connectivity index (χ2v) is 8.54. The second kappa shape index (κ2) is 6.09. The van der Waals surface area contributed by atoms with Crippen LogP contribution in [0.3, 0.4) is 0 Å². The molecule has 0 N–H and O–H groups in total. The van der Waals surface area contributed by atoms with E-state index in [-0.39, 0.29) is 22.4 Å². The molecular weight excluding hydrogens is 318 g/mol. The van der Waals surface area contributed by atoms with E-state index in [1.54, 1.807) is 6.07 Å². The summed E-state index contributed by atoms with van der Waals surface area (Å²) in [6, 6.07) is 5.10. The molecular formula is C15H21N3O4S. The third kappa shape index (κ3) is 3.48. The normalized spacial score (nSPS) is 24.7. The molecule has 1 atom stereocenters. The Labute approximate surface area is 136 Å². The number of piperazine rings is 1. The summed E-state index contributed by atoms with van der Waals surface area (Å²) in [5.41, 5.74) is 2.03. The molecule has 2 fully saturated rings. The van der Waals surface area contributed by atoms with E-state index in [1.807, 2.05) is 13.0 Å². The van der Waals surface area contributed by atoms with E-state index in [2.05, 4.69) is 9.80 Å². The summed E-state index contributed by atoms with van der Waals surface area (Å²) >= 11 is 0. The summed E-state index contributed by atoms with van der Waals surface area (Å²) in [6.07, 6.45) is 0.735. The SMILES string of the molecule is Cc1cc([N+](=O)[O-])ccc1N1CCN(C2CCS(=O)(=O)C2)CC1. The Morgan fingerprint density at radius 3 is 2.43 bits per heavy atom. The molecule has 0 aliphatic carbocycles. The number of nitro groups is 1. The van der Waals surface area contributed by atoms with E-state index in [9.17, 15) is 18.5 Å². The third-order valence-electron chi connectivity index (χ3n) is 4.77. The van der Waals surface area contributed by atoms with Gasteiger partial charge in [-0.25, -0.2) is 8.42 Å². The van der Waals surface area contributed by atoms with Gasteiger partial charge in [0.2, 0.25) is 0 Å². The predicted octanol–water partition coefficient (Wildman–Crippen LogP) is 1.21. The molecule has 2 saturated heterocycles. The molecule has 0 aromatic heterocycles. The molecule has 1 aromatic carbocycles. The summed E-state index contributed by atoms with van der Waals surface area (Å²) in [6.45, 7) is 5.18. The van der Waals surface area contributed by atoms with Crippen molar-refractivity contribution in [1.82, 2.24) is 4.90 Å². The van der Waals surface area contributed by atoms with Gasteiger partial charge in [0.15, 0.2) is 9.84 Å². The highest BCUT2D eigenvalue weighted by molar-refractivity contribution is 7.91. The number of anilines is 1. The van der Waals surface area contributed by atoms with E-state index in [4.69, 9.17) is 0 Å². The number of aryl methyl sites for hydroxylation is 1. The molecule has 0 saturated carbocycles. The van der Waals surface area contributed by atoms with Crippen molar-refractivity contribution >= 4 is 21.2 Å². The molecule has 0 bridgehead atoms. The monoisotopic (exact) mass is 339 g/mol. The van der Waals surface area contributed by atoms with Gasteiger partial charge in [-0.1, -0.05) is 0 Å². The number of sulfone groups is 1. The lowest BCUT2D eigenvalue weighted by Crippen LogP contribution is -2.51. The van der Waals surface area contributed by atoms with E-state index in [1.165, 1.54) is 6.07 Å². The molecule has 8 heteroatoms. The van der Waals surface area contributed by atoms with Crippen molar-refractivity contribution in [2.75, 3.05) is 42.6 Å². The van der Waals surface area contributed by atoms with Gasteiger partial charge in [-0.15, -0.1) is 0 Å². The molecule has 2 heterocycles. The highest BCUT2D eigenvalue weighted by Crippen LogP contribution is 2.27. The molecule has 0 spiro atoms. The Morgan fingerprint density at radius 2 is 1.91 bits per heavy atom. The van der Waals surface area contributed by atoms with Crippen molar-refractivity contribution in [2.45, 2.75) is 19.4 Å². The molecule has 3 rings (SSSR count). The Hall–Kier alpha value is -1.67. The molecule has 0 radical (unpaired) electrons. The lowest BCUT2D eigenvalue weighted by atomic mass is 10.1. The lowest BCUT2D eigenvalue weighted by molar-refractivity contribution is -0.384. The van der Waals surface area contributed by atoms with Gasteiger partial charge in [0, 0.05) is 50.0 Å². The molecule has 23 heavy (non-hydrogen) atoms. The quantitative estimate of drug-likeness (QED) is 0.608. The van der Waals surface area contributed by atoms with Crippen molar-refractivity contribution in [3.05, 3.63) is 33.9 Å². The van der Waals surface area contributed by atoms with E-state index in [0.29, 0.717) is 5.75 Å². The van der Waals surface area contributed by atoms with Gasteiger partial charge in [0.05, 0.1) is 16.4 Å². The molecule has 7 nitrogen and oxygen atoms in total. The summed E-state index contributed by atoms with van der Waals surface area (Å²) < 4.78 is 23.2. The fraction of sp³-hybridized carbons (Fsp3) is 0.600. The highest BCUT2D eigenvalue weighted by atomic mass is 32.2. The van der Waals surface area contributed by atoms with Crippen LogP contribution in [0.5, 0.6) is 0 Å². The van der Waals surface area contributed by atoms with Gasteiger partial charge in [-0.05, 0) is 25.0 Å². The number of hydrogen-bond donors (Lipinski definition) is 0. The highest BCUT2D eigenvalue weighted by Gasteiger charge is 2.33. The average molecular weight is 339 g/mol. The number of nitro benzene ring substituents is 1. The van der Waals surface area contributed by atoms with Crippen molar-refractivity contribution in [3.63, 3.8) is 0 Å². The second-order valence-electron chi connectivity index (χ2n) is 6.31. The third-order valence-corrected chi connectivity index (χ3v) is 6.52. The minimum Gasteiger partial charge on any atom is -0.369 e. The molecule has 2 aliphatic rings. The van der Waals surface area contributed by atoms with Crippen molar-refractivity contribution in [2.24, 2.45) is 0 Å². The van der Waals surface area contributed by atoms with Crippen LogP contribution in [0, 0.1) is 17.0 Å². The molecule has 2 aliphatic heterocycles. The minimum absolute atomic E-state index is 0.112. The van der Waals surface area contributed by atoms with Crippen molar-refractivity contribution < 1.29 is 13.3 Å². The van der Waals surface area contributed by atoms with E-state index < -0.39 is 9.84 Å². The summed E-state index contributed by atoms with van der Waals surface area (Å²) in [5.74, 6) is 0.586. The van der Waals surface area contributed by atoms with Gasteiger partial charge in [0.1, 0.15) is 0 Å². The maximum Gasteiger partial charge on any atom is 0.269 e. The Morgan fingerprint density at radius 1 is 1.22 bits per heavy atom. The Bertz CT molecular complexity index is 711. The number of rotatable bonds is 3. The molecule has 0 amide bonds. The van der Waals surface area contributed by atoms with Crippen LogP contribution in [0.2, 0.25) is 0 Å². The van der Waals surface area contributed by atoms with Crippen LogP contribution in [0.15, 0.2) is 18.2 Å². The minimum atomic E-state index is -2.85. The number of benzene rings is 1. The summed E-state index contributed by atoms with van der Waals surface area (Å²) in [7, 11) is -2.85. The number of non-ortho nitro benzene ring substituents is 1. The van der Waals surface area contributed by atoms with Crippen molar-refractivity contribution in [1.29, 1.82) is 0 Å². The topological polar surface area (TPSA) is 83.8 Å². The van der Waals surface area contributed by atoms with Gasteiger partial charge in [-0.3, -0.25) is 15.0 Å². The van der Waals surface area contributed by atoms with Crippen LogP contribution in [-0.2, 0) is 9.84 Å². The first-order valence-electron chi connectivity index (χ1n) is 7.80. The Kier molecular flexibility index (Phi) is 4.29. The van der Waals surface area contributed by atoms with Crippen LogP contribution in [0.1, 0.15) is 12.0 Å². The first kappa shape index (κ1) is 16.2. The van der Waals surface area contributed by atoms with Crippen LogP contribution >= 0.6 is 0 Å². The van der Waals surface area contributed by atoms with Crippen LogP contribution < -0.4 is 4.90 Å². The van der Waals surface area contributed by atoms with Crippen molar-refractivity contribution in [3.8, 4) is 0 Å². The maximum atomic E-state index is 11.6. The van der Waals surface area contributed by atoms with Gasteiger partial charge < -0.3 is 4.90 Å². The first-order chi connectivity index (χ1) is 10.9. The largest absolute Gasteiger partial charge is 0.369 e. The standard InChI is InChI=1S/C15H21N3O4S/c1-12-10-13(18(19)20)2-3-15(12)17-7-5-16(6-8-17)14-4-9-23(21,22)11-14/h2-3,10,14H,4-9,11H2,1H3. The van der Waals surface area contributed by atoms with Crippen LogP contribution in [-0.4, -0.2) is 62.0 Å². The number of hydrogen-bond acceptors (Lipinski definition) is 6. The average Bonchev–Trinajstić information content (AvgIpc) is 2.87. The lowest BCUT2D eigenvalue weighted by Gasteiger charge is -2.39. The molecule has 126 valence electrons. The first-order valence-corrected chi connectivity index (χ1v) is 9.62. The predicted molar refractivity (Wildman–Crippen MR) is 88.7 cm³/mol. The maximum absolute atomic E-state index is 11.6. The molecule has 1 unspecified atom stereocenters. The number of nitrogens with zero attached hydrogens (tertiary/aromatic N) is 3. The molecule has 1 aromatic rings. The smallest absolute Gasteiger partial charge is 0.269 e. The van der Waals surface area contributed by atoms with Gasteiger partial charge in [0.25, 0.3) is 5.69 Å². The zero-order chi connectivity index (χ0) is 16.6. The zero-order valence-electron chi connectivity index (χ0n) is 13.1. The van der Waals surface area contributed by atoms with E-state index >= 15 is 0 Å². The van der Waals surface area contributed by atoms with Gasteiger partial charge in [-0.2, -0.15) is 0 Å². The fourth-order valence-corrected chi connectivity index (χ4v) is 5.26. The van der Waals surface area contributed by atoms with E-state index in [0.717, 1.165) is 43.9 Å². The van der Waals surface area contributed by atoms with Gasteiger partial charge >= 0.3 is 0 Å². The van der Waals surface area contributed by atoms with Crippen LogP contribution in [0.4, 0.5) is 11.4 Å². The Balaban J connectivity index is 1.64. The van der Waals surface area contributed by atoms with Crippen LogP contribution in [0.25, 0.3) is 0 Å². The fourth-order valence-electron chi connectivity index (χ4n) is 3.50.